The van der Waals surface area contributed by atoms with Crippen molar-refractivity contribution in [3.05, 3.63) is 39.8 Å². The lowest BCUT2D eigenvalue weighted by Gasteiger charge is -2.08. The molecule has 0 unspecified atom stereocenters. The third-order valence-corrected chi connectivity index (χ3v) is 4.64. The number of nitrogens with one attached hydrogen (secondary N) is 3. The Bertz CT molecular complexity index is 1240. The van der Waals surface area contributed by atoms with Gasteiger partial charge in [0.15, 0.2) is 5.43 Å². The maximum Gasteiger partial charge on any atom is 0.189 e. The van der Waals surface area contributed by atoms with Crippen molar-refractivity contribution in [2.75, 3.05) is 19.7 Å². The van der Waals surface area contributed by atoms with Crippen LogP contribution in [0.4, 0.5) is 0 Å². The van der Waals surface area contributed by atoms with Crippen LogP contribution in [-0.2, 0) is 6.54 Å². The maximum atomic E-state index is 12.5. The van der Waals surface area contributed by atoms with E-state index >= 15 is 0 Å². The molecule has 134 valence electrons. The molecule has 0 spiro atoms. The van der Waals surface area contributed by atoms with Gasteiger partial charge in [0.2, 0.25) is 0 Å². The molecule has 4 rings (SSSR count). The minimum Gasteiger partial charge on any atom is -0.507 e. The Balaban J connectivity index is 2.10. The standard InChI is InChI=1S/C18H18N4O4/c19-9-1-2-10-14-13(9)18(26)16-12(25)4-3-11(24)15(16)17(14)21-22(10)7-5-20-6-8-23/h1-4,19-21,23,25-26H,5-8H2. The van der Waals surface area contributed by atoms with E-state index in [0.717, 1.165) is 5.52 Å². The molecule has 26 heavy (non-hydrogen) atoms. The second-order valence-corrected chi connectivity index (χ2v) is 6.18. The van der Waals surface area contributed by atoms with E-state index in [9.17, 15) is 15.0 Å². The van der Waals surface area contributed by atoms with Crippen molar-refractivity contribution >= 4 is 32.6 Å². The fraction of sp³-hybridized carbons (Fsp3) is 0.222. The Morgan fingerprint density at radius 1 is 1.04 bits per heavy atom. The van der Waals surface area contributed by atoms with E-state index < -0.39 is 0 Å². The first-order valence-electron chi connectivity index (χ1n) is 8.26. The number of fused-ring (bicyclic) bond motifs is 2. The van der Waals surface area contributed by atoms with E-state index in [-0.39, 0.29) is 39.7 Å². The normalized spacial score (nSPS) is 11.9. The van der Waals surface area contributed by atoms with Crippen LogP contribution in [0.5, 0.6) is 11.5 Å². The van der Waals surface area contributed by atoms with Crippen LogP contribution in [0.25, 0.3) is 32.6 Å². The maximum absolute atomic E-state index is 12.5. The van der Waals surface area contributed by atoms with Gasteiger partial charge in [0.05, 0.1) is 45.7 Å². The third kappa shape index (κ3) is 2.23. The van der Waals surface area contributed by atoms with Crippen LogP contribution in [0.2, 0.25) is 0 Å². The second-order valence-electron chi connectivity index (χ2n) is 6.18. The zero-order valence-corrected chi connectivity index (χ0v) is 13.8. The first-order valence-corrected chi connectivity index (χ1v) is 8.26. The number of hydrogen-bond donors (Lipinski definition) is 6. The highest BCUT2D eigenvalue weighted by atomic mass is 16.3. The summed E-state index contributed by atoms with van der Waals surface area (Å²) in [6.07, 6.45) is 0. The molecule has 0 atom stereocenters. The SMILES string of the molecule is N=c1ccc2c3c1c(O)c1c(O)ccc(=O)c1c3[nH]n2CCNCCO. The number of benzene rings is 3. The molecule has 6 N–H and O–H groups in total. The zero-order valence-electron chi connectivity index (χ0n) is 13.8. The summed E-state index contributed by atoms with van der Waals surface area (Å²) in [5.41, 5.74) is 0.913. The zero-order chi connectivity index (χ0) is 18.4. The number of hydrogen-bond acceptors (Lipinski definition) is 6. The van der Waals surface area contributed by atoms with Crippen LogP contribution in [0, 0.1) is 5.41 Å². The Kier molecular flexibility index (Phi) is 3.78. The van der Waals surface area contributed by atoms with Crippen LogP contribution in [-0.4, -0.2) is 44.8 Å². The van der Waals surface area contributed by atoms with E-state index in [2.05, 4.69) is 10.4 Å². The second kappa shape index (κ2) is 6.01. The summed E-state index contributed by atoms with van der Waals surface area (Å²) in [6, 6.07) is 5.85. The summed E-state index contributed by atoms with van der Waals surface area (Å²) in [4.78, 5) is 12.5. The van der Waals surface area contributed by atoms with E-state index in [1.165, 1.54) is 12.1 Å². The van der Waals surface area contributed by atoms with Gasteiger partial charge in [-0.15, -0.1) is 0 Å². The Morgan fingerprint density at radius 3 is 2.62 bits per heavy atom. The third-order valence-electron chi connectivity index (χ3n) is 4.64. The monoisotopic (exact) mass is 354 g/mol. The molecule has 0 saturated carbocycles. The predicted molar refractivity (Wildman–Crippen MR) is 97.9 cm³/mol. The molecule has 1 aromatic heterocycles. The van der Waals surface area contributed by atoms with Crippen molar-refractivity contribution in [3.8, 4) is 11.5 Å². The molecule has 0 saturated heterocycles. The van der Waals surface area contributed by atoms with Gasteiger partial charge < -0.3 is 26.0 Å². The molecule has 1 heterocycles. The van der Waals surface area contributed by atoms with E-state index in [4.69, 9.17) is 10.5 Å². The molecule has 8 heteroatoms. The van der Waals surface area contributed by atoms with Crippen LogP contribution in [0.3, 0.4) is 0 Å². The number of aromatic nitrogens is 2. The summed E-state index contributed by atoms with van der Waals surface area (Å²) in [6.45, 7) is 1.65. The van der Waals surface area contributed by atoms with Gasteiger partial charge in [-0.3, -0.25) is 14.6 Å². The lowest BCUT2D eigenvalue weighted by atomic mass is 9.99. The van der Waals surface area contributed by atoms with Crippen LogP contribution in [0.15, 0.2) is 29.1 Å². The van der Waals surface area contributed by atoms with Gasteiger partial charge in [-0.05, 0) is 24.3 Å². The largest absolute Gasteiger partial charge is 0.507 e. The van der Waals surface area contributed by atoms with E-state index in [0.29, 0.717) is 35.9 Å². The van der Waals surface area contributed by atoms with Gasteiger partial charge in [0, 0.05) is 18.5 Å². The van der Waals surface area contributed by atoms with Gasteiger partial charge in [-0.25, -0.2) is 0 Å². The summed E-state index contributed by atoms with van der Waals surface area (Å²) in [5.74, 6) is -0.465. The molecule has 0 aliphatic carbocycles. The molecular formula is C18H18N4O4. The molecule has 0 amide bonds. The summed E-state index contributed by atoms with van der Waals surface area (Å²) in [7, 11) is 0. The van der Waals surface area contributed by atoms with Crippen LogP contribution >= 0.6 is 0 Å². The van der Waals surface area contributed by atoms with Gasteiger partial charge >= 0.3 is 0 Å². The predicted octanol–water partition coefficient (Wildman–Crippen LogP) is 0.546. The highest BCUT2D eigenvalue weighted by molar-refractivity contribution is 6.23. The number of aliphatic hydroxyl groups is 1. The van der Waals surface area contributed by atoms with Crippen molar-refractivity contribution in [2.45, 2.75) is 6.54 Å². The van der Waals surface area contributed by atoms with Crippen molar-refractivity contribution in [2.24, 2.45) is 0 Å². The Hall–Kier alpha value is -3.10. The Labute approximate surface area is 146 Å². The van der Waals surface area contributed by atoms with E-state index in [1.807, 2.05) is 4.68 Å². The first kappa shape index (κ1) is 16.4. The minimum absolute atomic E-state index is 0.0444. The Morgan fingerprint density at radius 2 is 1.85 bits per heavy atom. The number of aliphatic hydroxyl groups excluding tert-OH is 1. The molecule has 8 nitrogen and oxygen atoms in total. The average molecular weight is 354 g/mol. The molecule has 4 aromatic rings. The number of H-pyrrole nitrogens is 1. The highest BCUT2D eigenvalue weighted by Gasteiger charge is 2.21. The lowest BCUT2D eigenvalue weighted by molar-refractivity contribution is 0.291. The van der Waals surface area contributed by atoms with Gasteiger partial charge in [-0.2, -0.15) is 0 Å². The van der Waals surface area contributed by atoms with Gasteiger partial charge in [0.1, 0.15) is 11.5 Å². The van der Waals surface area contributed by atoms with Crippen LogP contribution in [0.1, 0.15) is 0 Å². The fourth-order valence-electron chi connectivity index (χ4n) is 3.50. The van der Waals surface area contributed by atoms with Crippen molar-refractivity contribution in [1.29, 1.82) is 5.41 Å². The topological polar surface area (TPSA) is 134 Å². The highest BCUT2D eigenvalue weighted by Crippen LogP contribution is 2.40. The number of phenols is 2. The lowest BCUT2D eigenvalue weighted by Crippen LogP contribution is -2.23. The number of phenolic OH excluding ortho intramolecular Hbond substituents is 2. The molecular weight excluding hydrogens is 336 g/mol. The van der Waals surface area contributed by atoms with E-state index in [1.54, 1.807) is 12.1 Å². The molecule has 0 aliphatic rings. The number of rotatable bonds is 5. The molecule has 3 aromatic carbocycles. The van der Waals surface area contributed by atoms with Crippen molar-refractivity contribution in [1.82, 2.24) is 15.1 Å². The smallest absolute Gasteiger partial charge is 0.189 e. The van der Waals surface area contributed by atoms with Crippen molar-refractivity contribution < 1.29 is 15.3 Å². The number of aromatic hydroxyl groups is 2. The number of aromatic amines is 1. The molecule has 0 fully saturated rings. The number of nitrogens with zero attached hydrogens (tertiary/aromatic N) is 1. The molecule has 0 bridgehead atoms. The molecule has 0 aliphatic heterocycles. The summed E-state index contributed by atoms with van der Waals surface area (Å²) < 4.78 is 1.82. The first-order chi connectivity index (χ1) is 12.5. The molecule has 0 radical (unpaired) electrons. The van der Waals surface area contributed by atoms with Gasteiger partial charge in [0.25, 0.3) is 0 Å². The summed E-state index contributed by atoms with van der Waals surface area (Å²) >= 11 is 0. The summed E-state index contributed by atoms with van der Waals surface area (Å²) in [5, 5.41) is 45.4. The quantitative estimate of drug-likeness (QED) is 0.230. The minimum atomic E-state index is -0.320. The fourth-order valence-corrected chi connectivity index (χ4v) is 3.50. The van der Waals surface area contributed by atoms with Gasteiger partial charge in [-0.1, -0.05) is 0 Å². The van der Waals surface area contributed by atoms with Crippen molar-refractivity contribution in [3.63, 3.8) is 0 Å². The van der Waals surface area contributed by atoms with Crippen LogP contribution < -0.4 is 16.1 Å². The average Bonchev–Trinajstić information content (AvgIpc) is 2.98.